The Bertz CT molecular complexity index is 691. The highest BCUT2D eigenvalue weighted by atomic mass is 32.2. The van der Waals surface area contributed by atoms with Crippen LogP contribution in [0, 0.1) is 0 Å². The molecule has 2 rings (SSSR count). The monoisotopic (exact) mass is 305 g/mol. The summed E-state index contributed by atoms with van der Waals surface area (Å²) in [6.07, 6.45) is 3.14. The van der Waals surface area contributed by atoms with Gasteiger partial charge in [-0.05, 0) is 6.26 Å². The number of hydrogen-bond donors (Lipinski definition) is 3. The van der Waals surface area contributed by atoms with E-state index in [2.05, 4.69) is 15.2 Å². The molecule has 3 N–H and O–H groups in total. The molecule has 0 saturated carbocycles. The molecule has 1 aromatic heterocycles. The van der Waals surface area contributed by atoms with Gasteiger partial charge < -0.3 is 5.11 Å². The third-order valence-corrected chi connectivity index (χ3v) is 3.52. The van der Waals surface area contributed by atoms with E-state index in [0.29, 0.717) is 17.0 Å². The number of benzene rings is 1. The van der Waals surface area contributed by atoms with E-state index in [0.717, 1.165) is 5.56 Å². The third kappa shape index (κ3) is 3.63. The molecule has 0 aliphatic rings. The summed E-state index contributed by atoms with van der Waals surface area (Å²) < 4.78 is 0. The summed E-state index contributed by atoms with van der Waals surface area (Å²) in [7, 11) is 0. The van der Waals surface area contributed by atoms with Crippen LogP contribution in [0.5, 0.6) is 0 Å². The van der Waals surface area contributed by atoms with Crippen molar-refractivity contribution < 1.29 is 9.90 Å². The van der Waals surface area contributed by atoms with Crippen molar-refractivity contribution >= 4 is 23.9 Å². The number of thioether (sulfide) groups is 1. The van der Waals surface area contributed by atoms with Crippen molar-refractivity contribution in [3.63, 3.8) is 0 Å². The first-order valence-electron chi connectivity index (χ1n) is 6.24. The molecule has 0 radical (unpaired) electrons. The van der Waals surface area contributed by atoms with Crippen molar-refractivity contribution in [2.75, 3.05) is 12.0 Å². The maximum Gasteiger partial charge on any atom is 0.329 e. The number of aliphatic carboxylic acids is 1. The Morgan fingerprint density at radius 3 is 2.71 bits per heavy atom. The minimum atomic E-state index is -1.01. The fraction of sp³-hybridized carbons (Fsp3) is 0.214. The van der Waals surface area contributed by atoms with Gasteiger partial charge in [-0.25, -0.2) is 4.79 Å². The van der Waals surface area contributed by atoms with Crippen molar-refractivity contribution in [2.45, 2.75) is 6.04 Å². The number of aromatic amines is 2. The number of aromatic nitrogens is 2. The number of rotatable bonds is 6. The van der Waals surface area contributed by atoms with E-state index in [-0.39, 0.29) is 5.56 Å². The van der Waals surface area contributed by atoms with Gasteiger partial charge in [0.25, 0.3) is 5.56 Å². The van der Waals surface area contributed by atoms with E-state index in [1.807, 2.05) is 36.6 Å². The molecule has 1 aromatic carbocycles. The fourth-order valence-corrected chi connectivity index (χ4v) is 2.37. The average molecular weight is 305 g/mol. The number of aliphatic imine (C=N–C) groups is 1. The van der Waals surface area contributed by atoms with Crippen LogP contribution in [-0.2, 0) is 4.79 Å². The minimum absolute atomic E-state index is 0.327. The van der Waals surface area contributed by atoms with E-state index < -0.39 is 12.0 Å². The second-order valence-electron chi connectivity index (χ2n) is 4.32. The van der Waals surface area contributed by atoms with Gasteiger partial charge in [-0.15, -0.1) is 0 Å². The van der Waals surface area contributed by atoms with Crippen LogP contribution < -0.4 is 5.56 Å². The smallest absolute Gasteiger partial charge is 0.329 e. The Morgan fingerprint density at radius 2 is 2.10 bits per heavy atom. The van der Waals surface area contributed by atoms with Crippen molar-refractivity contribution in [1.82, 2.24) is 10.2 Å². The molecule has 1 atom stereocenters. The van der Waals surface area contributed by atoms with Crippen LogP contribution in [0.2, 0.25) is 0 Å². The lowest BCUT2D eigenvalue weighted by Gasteiger charge is -2.04. The number of nitrogens with zero attached hydrogens (tertiary/aromatic N) is 1. The zero-order chi connectivity index (χ0) is 15.2. The van der Waals surface area contributed by atoms with E-state index >= 15 is 0 Å². The van der Waals surface area contributed by atoms with E-state index in [1.165, 1.54) is 18.0 Å². The van der Waals surface area contributed by atoms with E-state index in [1.54, 1.807) is 0 Å². The SMILES string of the molecule is CSC[C@H](N=Cc1c(-c2ccccc2)[nH][nH]c1=O)C(=O)O. The van der Waals surface area contributed by atoms with Crippen LogP contribution in [-0.4, -0.2) is 45.5 Å². The first kappa shape index (κ1) is 15.1. The molecule has 21 heavy (non-hydrogen) atoms. The second-order valence-corrected chi connectivity index (χ2v) is 5.23. The average Bonchev–Trinajstić information content (AvgIpc) is 2.85. The zero-order valence-corrected chi connectivity index (χ0v) is 12.2. The quantitative estimate of drug-likeness (QED) is 0.706. The largest absolute Gasteiger partial charge is 0.480 e. The first-order chi connectivity index (χ1) is 10.1. The maximum absolute atomic E-state index is 11.8. The lowest BCUT2D eigenvalue weighted by atomic mass is 10.1. The van der Waals surface area contributed by atoms with Crippen LogP contribution in [0.1, 0.15) is 5.56 Å². The minimum Gasteiger partial charge on any atom is -0.480 e. The molecule has 0 aliphatic carbocycles. The van der Waals surface area contributed by atoms with Crippen molar-refractivity contribution in [1.29, 1.82) is 0 Å². The summed E-state index contributed by atoms with van der Waals surface area (Å²) in [5.41, 5.74) is 1.42. The highest BCUT2D eigenvalue weighted by Crippen LogP contribution is 2.17. The van der Waals surface area contributed by atoms with Gasteiger partial charge in [0.1, 0.15) is 0 Å². The van der Waals surface area contributed by atoms with Crippen LogP contribution in [0.25, 0.3) is 11.3 Å². The molecule has 0 amide bonds. The Labute approximate surface area is 125 Å². The summed E-state index contributed by atoms with van der Waals surface area (Å²) >= 11 is 1.39. The van der Waals surface area contributed by atoms with Crippen molar-refractivity contribution in [2.24, 2.45) is 4.99 Å². The summed E-state index contributed by atoms with van der Waals surface area (Å²) in [6, 6.07) is 8.43. The van der Waals surface area contributed by atoms with Crippen LogP contribution in [0.3, 0.4) is 0 Å². The van der Waals surface area contributed by atoms with Crippen LogP contribution in [0.15, 0.2) is 40.1 Å². The van der Waals surface area contributed by atoms with Gasteiger partial charge in [0, 0.05) is 17.5 Å². The van der Waals surface area contributed by atoms with Gasteiger partial charge in [-0.3, -0.25) is 20.0 Å². The maximum atomic E-state index is 11.8. The highest BCUT2D eigenvalue weighted by Gasteiger charge is 2.16. The third-order valence-electron chi connectivity index (χ3n) is 2.87. The first-order valence-corrected chi connectivity index (χ1v) is 7.64. The Kier molecular flexibility index (Phi) is 4.99. The Morgan fingerprint density at radius 1 is 1.38 bits per heavy atom. The molecule has 0 fully saturated rings. The number of carboxylic acids is 1. The topological polar surface area (TPSA) is 98.3 Å². The van der Waals surface area contributed by atoms with E-state index in [9.17, 15) is 9.59 Å². The Hall–Kier alpha value is -2.28. The highest BCUT2D eigenvalue weighted by molar-refractivity contribution is 7.98. The molecule has 1 heterocycles. The molecular weight excluding hydrogens is 290 g/mol. The number of carbonyl (C=O) groups is 1. The lowest BCUT2D eigenvalue weighted by molar-refractivity contribution is -0.137. The standard InChI is InChI=1S/C14H15N3O3S/c1-21-8-11(14(19)20)15-7-10-12(16-17-13(10)18)9-5-3-2-4-6-9/h2-7,11H,8H2,1H3,(H,19,20)(H2,16,17,18)/t11-/m0/s1. The van der Waals surface area contributed by atoms with Crippen LogP contribution >= 0.6 is 11.8 Å². The fourth-order valence-electron chi connectivity index (χ4n) is 1.82. The van der Waals surface area contributed by atoms with Gasteiger partial charge in [0.15, 0.2) is 6.04 Å². The van der Waals surface area contributed by atoms with Gasteiger partial charge in [-0.2, -0.15) is 11.8 Å². The predicted octanol–water partition coefficient (Wildman–Crippen LogP) is 1.61. The number of H-pyrrole nitrogens is 2. The number of nitrogens with one attached hydrogen (secondary N) is 2. The molecule has 0 unspecified atom stereocenters. The molecule has 6 nitrogen and oxygen atoms in total. The zero-order valence-electron chi connectivity index (χ0n) is 11.4. The van der Waals surface area contributed by atoms with Crippen LogP contribution in [0.4, 0.5) is 0 Å². The molecular formula is C14H15N3O3S. The summed E-state index contributed by atoms with van der Waals surface area (Å²) in [5.74, 6) is -0.650. The lowest BCUT2D eigenvalue weighted by Crippen LogP contribution is -2.21. The summed E-state index contributed by atoms with van der Waals surface area (Å²) in [6.45, 7) is 0. The number of carboxylic acid groups (broad SMARTS) is 1. The summed E-state index contributed by atoms with van der Waals surface area (Å²) in [4.78, 5) is 26.9. The summed E-state index contributed by atoms with van der Waals surface area (Å²) in [5, 5.41) is 14.4. The normalized spacial score (nSPS) is 12.6. The van der Waals surface area contributed by atoms with E-state index in [4.69, 9.17) is 5.11 Å². The molecule has 110 valence electrons. The van der Waals surface area contributed by atoms with Crippen molar-refractivity contribution in [3.8, 4) is 11.3 Å². The van der Waals surface area contributed by atoms with Gasteiger partial charge in [-0.1, -0.05) is 30.3 Å². The molecule has 0 spiro atoms. The predicted molar refractivity (Wildman–Crippen MR) is 84.2 cm³/mol. The van der Waals surface area contributed by atoms with Gasteiger partial charge >= 0.3 is 5.97 Å². The molecule has 0 saturated heterocycles. The van der Waals surface area contributed by atoms with Gasteiger partial charge in [0.05, 0.1) is 11.3 Å². The Balaban J connectivity index is 2.34. The van der Waals surface area contributed by atoms with Gasteiger partial charge in [0.2, 0.25) is 0 Å². The molecule has 2 aromatic rings. The van der Waals surface area contributed by atoms with Crippen molar-refractivity contribution in [3.05, 3.63) is 46.2 Å². The molecule has 0 bridgehead atoms. The molecule has 7 heteroatoms. The molecule has 0 aliphatic heterocycles. The second kappa shape index (κ2) is 6.94. The number of hydrogen-bond acceptors (Lipinski definition) is 4.